The highest BCUT2D eigenvalue weighted by Crippen LogP contribution is 2.31. The summed E-state index contributed by atoms with van der Waals surface area (Å²) in [5.41, 5.74) is 0. The van der Waals surface area contributed by atoms with Gasteiger partial charge in [-0.05, 0) is 45.1 Å². The van der Waals surface area contributed by atoms with Gasteiger partial charge >= 0.3 is 0 Å². The molecule has 0 spiro atoms. The summed E-state index contributed by atoms with van der Waals surface area (Å²) in [5.74, 6) is 1.94. The summed E-state index contributed by atoms with van der Waals surface area (Å²) in [4.78, 5) is 7.30. The maximum absolute atomic E-state index is 11.5. The zero-order valence-corrected chi connectivity index (χ0v) is 14.2. The van der Waals surface area contributed by atoms with Gasteiger partial charge in [0, 0.05) is 31.7 Å². The normalized spacial score (nSPS) is 32.3. The van der Waals surface area contributed by atoms with E-state index in [1.165, 1.54) is 32.4 Å². The minimum absolute atomic E-state index is 0.00865. The maximum atomic E-state index is 11.5. The Morgan fingerprint density at radius 2 is 2.09 bits per heavy atom. The molecule has 0 aromatic rings. The van der Waals surface area contributed by atoms with E-state index in [0.29, 0.717) is 18.1 Å². The lowest BCUT2D eigenvalue weighted by atomic mass is 10.1. The summed E-state index contributed by atoms with van der Waals surface area (Å²) in [6.07, 6.45) is 4.66. The van der Waals surface area contributed by atoms with Gasteiger partial charge in [0.15, 0.2) is 15.8 Å². The first-order chi connectivity index (χ1) is 10.6. The smallest absolute Gasteiger partial charge is 0.191 e. The van der Waals surface area contributed by atoms with Gasteiger partial charge in [0.25, 0.3) is 0 Å². The Kier molecular flexibility index (Phi) is 4.92. The molecular weight excluding hydrogens is 300 g/mol. The van der Waals surface area contributed by atoms with Crippen molar-refractivity contribution in [2.75, 3.05) is 37.7 Å². The van der Waals surface area contributed by atoms with E-state index in [4.69, 9.17) is 4.99 Å². The summed E-state index contributed by atoms with van der Waals surface area (Å²) in [7, 11) is -2.85. The average molecular weight is 328 g/mol. The number of aliphatic imine (C=N–C) groups is 1. The van der Waals surface area contributed by atoms with Crippen LogP contribution in [0, 0.1) is 5.92 Å². The first kappa shape index (κ1) is 16.1. The van der Waals surface area contributed by atoms with Gasteiger partial charge in [0.1, 0.15) is 0 Å². The largest absolute Gasteiger partial charge is 0.357 e. The van der Waals surface area contributed by atoms with Gasteiger partial charge in [-0.25, -0.2) is 8.42 Å². The topological polar surface area (TPSA) is 73.8 Å². The van der Waals surface area contributed by atoms with Crippen molar-refractivity contribution in [3.8, 4) is 0 Å². The number of likely N-dealkylation sites (tertiary alicyclic amines) is 1. The summed E-state index contributed by atoms with van der Waals surface area (Å²) in [6, 6.07) is 0.860. The molecule has 2 aliphatic heterocycles. The molecule has 0 amide bonds. The summed E-state index contributed by atoms with van der Waals surface area (Å²) < 4.78 is 23.1. The summed E-state index contributed by atoms with van der Waals surface area (Å²) in [6.45, 7) is 6.05. The third-order valence-corrected chi connectivity index (χ3v) is 6.57. The SMILES string of the molecule is CCNC(=NCC1CCN(C2CC2)C1)NC1CCS(=O)(=O)C1. The van der Waals surface area contributed by atoms with Crippen molar-refractivity contribution in [2.45, 2.75) is 44.7 Å². The highest BCUT2D eigenvalue weighted by atomic mass is 32.2. The van der Waals surface area contributed by atoms with E-state index in [9.17, 15) is 8.42 Å². The van der Waals surface area contributed by atoms with Crippen molar-refractivity contribution in [1.29, 1.82) is 0 Å². The molecule has 2 heterocycles. The van der Waals surface area contributed by atoms with Gasteiger partial charge < -0.3 is 15.5 Å². The van der Waals surface area contributed by atoms with Crippen LogP contribution >= 0.6 is 0 Å². The molecule has 2 unspecified atom stereocenters. The Hall–Kier alpha value is -0.820. The van der Waals surface area contributed by atoms with Crippen LogP contribution in [0.4, 0.5) is 0 Å². The predicted molar refractivity (Wildman–Crippen MR) is 88.9 cm³/mol. The number of nitrogens with zero attached hydrogens (tertiary/aromatic N) is 2. The van der Waals surface area contributed by atoms with Crippen LogP contribution in [0.15, 0.2) is 4.99 Å². The molecule has 3 rings (SSSR count). The molecule has 6 nitrogen and oxygen atoms in total. The van der Waals surface area contributed by atoms with Gasteiger partial charge in [0.05, 0.1) is 11.5 Å². The van der Waals surface area contributed by atoms with Gasteiger partial charge in [-0.3, -0.25) is 4.99 Å². The van der Waals surface area contributed by atoms with Crippen molar-refractivity contribution < 1.29 is 8.42 Å². The van der Waals surface area contributed by atoms with E-state index in [1.807, 2.05) is 6.92 Å². The molecule has 1 saturated carbocycles. The van der Waals surface area contributed by atoms with Crippen LogP contribution < -0.4 is 10.6 Å². The molecule has 1 aliphatic carbocycles. The van der Waals surface area contributed by atoms with E-state index in [-0.39, 0.29) is 11.8 Å². The molecule has 0 bridgehead atoms. The molecule has 2 saturated heterocycles. The Morgan fingerprint density at radius 1 is 1.27 bits per heavy atom. The number of rotatable bonds is 5. The fraction of sp³-hybridized carbons (Fsp3) is 0.933. The zero-order valence-electron chi connectivity index (χ0n) is 13.4. The lowest BCUT2D eigenvalue weighted by molar-refractivity contribution is 0.315. The lowest BCUT2D eigenvalue weighted by Gasteiger charge is -2.17. The minimum atomic E-state index is -2.85. The molecule has 0 radical (unpaired) electrons. The van der Waals surface area contributed by atoms with Crippen molar-refractivity contribution in [3.63, 3.8) is 0 Å². The molecule has 22 heavy (non-hydrogen) atoms. The second-order valence-corrected chi connectivity index (χ2v) is 9.07. The molecule has 3 aliphatic rings. The van der Waals surface area contributed by atoms with Gasteiger partial charge in [-0.1, -0.05) is 0 Å². The number of hydrogen-bond acceptors (Lipinski definition) is 4. The highest BCUT2D eigenvalue weighted by Gasteiger charge is 2.34. The first-order valence-corrected chi connectivity index (χ1v) is 10.4. The van der Waals surface area contributed by atoms with Crippen molar-refractivity contribution >= 4 is 15.8 Å². The number of hydrogen-bond donors (Lipinski definition) is 2. The van der Waals surface area contributed by atoms with Crippen LogP contribution in [-0.4, -0.2) is 69.0 Å². The van der Waals surface area contributed by atoms with Crippen LogP contribution in [0.3, 0.4) is 0 Å². The average Bonchev–Trinajstić information content (AvgIpc) is 3.11. The molecule has 3 fully saturated rings. The van der Waals surface area contributed by atoms with Crippen molar-refractivity contribution in [3.05, 3.63) is 0 Å². The third-order valence-electron chi connectivity index (χ3n) is 4.81. The Bertz CT molecular complexity index is 516. The molecule has 0 aromatic carbocycles. The number of nitrogens with one attached hydrogen (secondary N) is 2. The Morgan fingerprint density at radius 3 is 2.73 bits per heavy atom. The Balaban J connectivity index is 1.49. The van der Waals surface area contributed by atoms with E-state index < -0.39 is 9.84 Å². The fourth-order valence-corrected chi connectivity index (χ4v) is 5.10. The number of guanidine groups is 1. The highest BCUT2D eigenvalue weighted by molar-refractivity contribution is 7.91. The lowest BCUT2D eigenvalue weighted by Crippen LogP contribution is -2.44. The predicted octanol–water partition coefficient (Wildman–Crippen LogP) is 0.213. The Labute approximate surface area is 133 Å². The minimum Gasteiger partial charge on any atom is -0.357 e. The quantitative estimate of drug-likeness (QED) is 0.558. The van der Waals surface area contributed by atoms with E-state index >= 15 is 0 Å². The van der Waals surface area contributed by atoms with E-state index in [1.54, 1.807) is 0 Å². The fourth-order valence-electron chi connectivity index (χ4n) is 3.43. The van der Waals surface area contributed by atoms with Crippen LogP contribution in [0.2, 0.25) is 0 Å². The summed E-state index contributed by atoms with van der Waals surface area (Å²) in [5, 5.41) is 6.53. The van der Waals surface area contributed by atoms with E-state index in [0.717, 1.165) is 25.1 Å². The molecule has 2 N–H and O–H groups in total. The third kappa shape index (κ3) is 4.35. The van der Waals surface area contributed by atoms with Crippen molar-refractivity contribution in [2.24, 2.45) is 10.9 Å². The molecule has 2 atom stereocenters. The van der Waals surface area contributed by atoms with Crippen LogP contribution in [0.5, 0.6) is 0 Å². The van der Waals surface area contributed by atoms with Gasteiger partial charge in [-0.15, -0.1) is 0 Å². The van der Waals surface area contributed by atoms with Crippen molar-refractivity contribution in [1.82, 2.24) is 15.5 Å². The van der Waals surface area contributed by atoms with Gasteiger partial charge in [-0.2, -0.15) is 0 Å². The zero-order chi connectivity index (χ0) is 15.6. The number of sulfone groups is 1. The maximum Gasteiger partial charge on any atom is 0.191 e. The molecule has 0 aromatic heterocycles. The standard InChI is InChI=1S/C15H28N4O2S/c1-2-16-15(18-13-6-8-22(20,21)11-13)17-9-12-5-7-19(10-12)14-3-4-14/h12-14H,2-11H2,1H3,(H2,16,17,18). The molecule has 7 heteroatoms. The second-order valence-electron chi connectivity index (χ2n) is 6.84. The van der Waals surface area contributed by atoms with Gasteiger partial charge in [0.2, 0.25) is 0 Å². The van der Waals surface area contributed by atoms with Crippen LogP contribution in [0.25, 0.3) is 0 Å². The monoisotopic (exact) mass is 328 g/mol. The second kappa shape index (κ2) is 6.74. The molecule has 126 valence electrons. The van der Waals surface area contributed by atoms with E-state index in [2.05, 4.69) is 15.5 Å². The van der Waals surface area contributed by atoms with Crippen LogP contribution in [-0.2, 0) is 9.84 Å². The first-order valence-electron chi connectivity index (χ1n) is 8.55. The summed E-state index contributed by atoms with van der Waals surface area (Å²) >= 11 is 0. The van der Waals surface area contributed by atoms with Crippen LogP contribution in [0.1, 0.15) is 32.6 Å². The molecular formula is C15H28N4O2S.